The lowest BCUT2D eigenvalue weighted by atomic mass is 9.33. The molecule has 0 radical (unpaired) electrons. The molecule has 8 nitrogen and oxygen atoms in total. The fraction of sp³-hybridized carbons (Fsp3) is 0.816. The third-order valence-corrected chi connectivity index (χ3v) is 18.9. The van der Waals surface area contributed by atoms with Crippen molar-refractivity contribution in [3.63, 3.8) is 0 Å². The second-order valence-electron chi connectivity index (χ2n) is 22.1. The largest absolute Gasteiger partial charge is 0.481 e. The smallest absolute Gasteiger partial charge is 0.313 e. The van der Waals surface area contributed by atoms with Gasteiger partial charge in [0.15, 0.2) is 0 Å². The molecule has 0 aromatic carbocycles. The van der Waals surface area contributed by atoms with Crippen molar-refractivity contribution in [1.29, 1.82) is 0 Å². The zero-order chi connectivity index (χ0) is 40.6. The van der Waals surface area contributed by atoms with Crippen molar-refractivity contribution >= 4 is 5.97 Å². The van der Waals surface area contributed by atoms with Crippen LogP contribution >= 0.6 is 0 Å². The van der Waals surface area contributed by atoms with Gasteiger partial charge in [0.25, 0.3) is 0 Å². The maximum Gasteiger partial charge on any atom is 0.313 e. The number of nitrogens with one attached hydrogen (secondary N) is 1. The van der Waals surface area contributed by atoms with Crippen molar-refractivity contribution < 1.29 is 14.6 Å². The highest BCUT2D eigenvalue weighted by Gasteiger charge is 2.70. The Morgan fingerprint density at radius 1 is 0.947 bits per heavy atom. The highest BCUT2D eigenvalue weighted by atomic mass is 16.5. The monoisotopic (exact) mass is 784 g/mol. The van der Waals surface area contributed by atoms with E-state index in [1.165, 1.54) is 107 Å². The third kappa shape index (κ3) is 6.54. The number of aliphatic carboxylic acids is 1. The van der Waals surface area contributed by atoms with Crippen LogP contribution in [-0.4, -0.2) is 69.3 Å². The van der Waals surface area contributed by atoms with Gasteiger partial charge in [-0.1, -0.05) is 70.6 Å². The number of carbonyl (C=O) groups is 1. The lowest BCUT2D eigenvalue weighted by Gasteiger charge is -2.72. The molecule has 316 valence electrons. The first-order chi connectivity index (χ1) is 27.0. The molecule has 8 heteroatoms. The Morgan fingerprint density at radius 3 is 2.40 bits per heavy atom. The number of hydrogen-bond donors (Lipinski definition) is 2. The molecule has 5 fully saturated rings. The standard InChI is InChI=1S/C49H77N5O3/c1-33(2)36-17-24-49(50-27-30-53-28-11-10-12-29-53)26-25-46(8)38(42(36)49)13-14-40-45(7)20-18-37(44(5,6)39(45)19-21-47(40,46)9)35-15-22-48(23-16-35,43(55)56)32-57-41-31-51-52-54(41)34(3)4/h15,18,31,34,36,38-40,42,50H,1,10-14,16-17,19-30,32H2,2-9H3,(H,55,56)/t36-,38+,39-,40+,42+,45-,46+,47+,48?,49-/m0/s1. The fourth-order valence-corrected chi connectivity index (χ4v) is 15.7. The van der Waals surface area contributed by atoms with Crippen molar-refractivity contribution in [3.8, 4) is 5.88 Å². The van der Waals surface area contributed by atoms with Crippen molar-refractivity contribution in [3.05, 3.63) is 41.6 Å². The van der Waals surface area contributed by atoms with Crippen molar-refractivity contribution in [2.75, 3.05) is 32.8 Å². The minimum atomic E-state index is -0.951. The molecule has 1 aliphatic heterocycles. The van der Waals surface area contributed by atoms with Gasteiger partial charge >= 0.3 is 5.97 Å². The maximum atomic E-state index is 12.8. The molecule has 6 aliphatic carbocycles. The van der Waals surface area contributed by atoms with E-state index in [9.17, 15) is 9.90 Å². The number of fused-ring (bicyclic) bond motifs is 7. The van der Waals surface area contributed by atoms with E-state index < -0.39 is 11.4 Å². The molecule has 0 spiro atoms. The Kier molecular flexibility index (Phi) is 10.8. The van der Waals surface area contributed by atoms with E-state index in [0.29, 0.717) is 53.2 Å². The second kappa shape index (κ2) is 14.9. The SMILES string of the molecule is C=C(C)[C@@H]1CC[C@]2(NCCN3CCCCC3)CC[C@]3(C)[C@H](CC[C@@H]4[C@@]5(C)CC=C(C6=CCC(COc7cnnn7C(C)C)(C(=O)O)CC6)C(C)(C)[C@@H]5CC[C@]43C)[C@@H]12. The number of carboxylic acid groups (broad SMARTS) is 1. The Bertz CT molecular complexity index is 1760. The molecule has 57 heavy (non-hydrogen) atoms. The van der Waals surface area contributed by atoms with Gasteiger partial charge in [-0.15, -0.1) is 5.10 Å². The topological polar surface area (TPSA) is 92.5 Å². The van der Waals surface area contributed by atoms with Crippen LogP contribution in [0.2, 0.25) is 0 Å². The molecule has 2 heterocycles. The lowest BCUT2D eigenvalue weighted by Crippen LogP contribution is -2.68. The first-order valence-electron chi connectivity index (χ1n) is 23.3. The number of ether oxygens (including phenoxy) is 1. The minimum absolute atomic E-state index is 0.0313. The number of piperidine rings is 1. The quantitative estimate of drug-likeness (QED) is 0.216. The number of nitrogens with zero attached hydrogens (tertiary/aromatic N) is 4. The van der Waals surface area contributed by atoms with Crippen LogP contribution in [0.5, 0.6) is 5.88 Å². The van der Waals surface area contributed by atoms with Crippen LogP contribution < -0.4 is 10.1 Å². The summed E-state index contributed by atoms with van der Waals surface area (Å²) < 4.78 is 7.86. The summed E-state index contributed by atoms with van der Waals surface area (Å²) in [5, 5.41) is 23.1. The second-order valence-corrected chi connectivity index (χ2v) is 22.1. The number of carboxylic acids is 1. The Labute approximate surface area is 345 Å². The van der Waals surface area contributed by atoms with Gasteiger partial charge in [0.05, 0.1) is 6.04 Å². The fourth-order valence-electron chi connectivity index (χ4n) is 15.7. The first-order valence-corrected chi connectivity index (χ1v) is 23.3. The summed E-state index contributed by atoms with van der Waals surface area (Å²) in [5.41, 5.74) is 4.54. The van der Waals surface area contributed by atoms with Gasteiger partial charge < -0.3 is 20.1 Å². The molecular weight excluding hydrogens is 707 g/mol. The van der Waals surface area contributed by atoms with Crippen LogP contribution in [0.4, 0.5) is 0 Å². The molecule has 1 unspecified atom stereocenters. The van der Waals surface area contributed by atoms with Gasteiger partial charge in [-0.05, 0) is 186 Å². The highest BCUT2D eigenvalue weighted by molar-refractivity contribution is 5.75. The van der Waals surface area contributed by atoms with E-state index in [1.807, 2.05) is 13.8 Å². The predicted molar refractivity (Wildman–Crippen MR) is 229 cm³/mol. The molecule has 4 saturated carbocycles. The van der Waals surface area contributed by atoms with Gasteiger partial charge in [0, 0.05) is 18.6 Å². The summed E-state index contributed by atoms with van der Waals surface area (Å²) in [7, 11) is 0. The average Bonchev–Trinajstić information content (AvgIpc) is 3.81. The minimum Gasteiger partial charge on any atom is -0.481 e. The molecular formula is C49H77N5O3. The van der Waals surface area contributed by atoms with Crippen LogP contribution in [0.15, 0.2) is 41.6 Å². The summed E-state index contributed by atoms with van der Waals surface area (Å²) in [6.45, 7) is 29.4. The van der Waals surface area contributed by atoms with Crippen LogP contribution in [-0.2, 0) is 4.79 Å². The maximum absolute atomic E-state index is 12.8. The number of rotatable bonds is 11. The Morgan fingerprint density at radius 2 is 1.72 bits per heavy atom. The number of aromatic nitrogens is 3. The zero-order valence-electron chi connectivity index (χ0n) is 37.1. The summed E-state index contributed by atoms with van der Waals surface area (Å²) in [6.07, 6.45) is 24.2. The van der Waals surface area contributed by atoms with E-state index in [1.54, 1.807) is 10.9 Å². The van der Waals surface area contributed by atoms with Gasteiger partial charge in [-0.2, -0.15) is 0 Å². The van der Waals surface area contributed by atoms with Crippen molar-refractivity contribution in [2.24, 2.45) is 56.7 Å². The Hall–Kier alpha value is -2.45. The van der Waals surface area contributed by atoms with Gasteiger partial charge in [-0.3, -0.25) is 4.79 Å². The third-order valence-electron chi connectivity index (χ3n) is 18.9. The highest BCUT2D eigenvalue weighted by Crippen LogP contribution is 2.76. The molecule has 0 amide bonds. The van der Waals surface area contributed by atoms with Crippen molar-refractivity contribution in [1.82, 2.24) is 25.2 Å². The zero-order valence-corrected chi connectivity index (χ0v) is 37.1. The molecule has 7 aliphatic rings. The van der Waals surface area contributed by atoms with Crippen LogP contribution in [0.25, 0.3) is 0 Å². The van der Waals surface area contributed by atoms with E-state index >= 15 is 0 Å². The summed E-state index contributed by atoms with van der Waals surface area (Å²) >= 11 is 0. The van der Waals surface area contributed by atoms with Gasteiger partial charge in [0.1, 0.15) is 18.2 Å². The summed E-state index contributed by atoms with van der Waals surface area (Å²) in [5.74, 6) is 3.15. The van der Waals surface area contributed by atoms with Crippen LogP contribution in [0, 0.1) is 56.7 Å². The number of allylic oxidation sites excluding steroid dienone is 5. The molecule has 1 saturated heterocycles. The lowest BCUT2D eigenvalue weighted by molar-refractivity contribution is -0.221. The average molecular weight is 784 g/mol. The Balaban J connectivity index is 1.01. The molecule has 10 atom stereocenters. The first kappa shape index (κ1) is 41.3. The van der Waals surface area contributed by atoms with Gasteiger partial charge in [0.2, 0.25) is 5.88 Å². The number of hydrogen-bond acceptors (Lipinski definition) is 6. The number of likely N-dealkylation sites (tertiary alicyclic amines) is 1. The van der Waals surface area contributed by atoms with E-state index in [4.69, 9.17) is 4.74 Å². The summed E-state index contributed by atoms with van der Waals surface area (Å²) in [6, 6.07) is 0.0903. The molecule has 2 N–H and O–H groups in total. The van der Waals surface area contributed by atoms with Crippen molar-refractivity contribution in [2.45, 2.75) is 163 Å². The molecule has 1 aromatic rings. The molecule has 1 aromatic heterocycles. The van der Waals surface area contributed by atoms with Crippen LogP contribution in [0.3, 0.4) is 0 Å². The summed E-state index contributed by atoms with van der Waals surface area (Å²) in [4.78, 5) is 15.6. The van der Waals surface area contributed by atoms with E-state index in [0.717, 1.165) is 25.3 Å². The van der Waals surface area contributed by atoms with Crippen LogP contribution in [0.1, 0.15) is 158 Å². The van der Waals surface area contributed by atoms with Gasteiger partial charge in [-0.25, -0.2) is 4.68 Å². The normalized spacial score (nSPS) is 41.6. The molecule has 0 bridgehead atoms. The predicted octanol–water partition coefficient (Wildman–Crippen LogP) is 10.4. The van der Waals surface area contributed by atoms with E-state index in [2.05, 4.69) is 80.8 Å². The van der Waals surface area contributed by atoms with E-state index in [-0.39, 0.29) is 29.0 Å². The molecule has 8 rings (SSSR count).